The Bertz CT molecular complexity index is 553. The minimum absolute atomic E-state index is 0.0638. The van der Waals surface area contributed by atoms with Gasteiger partial charge in [0.2, 0.25) is 5.91 Å². The molecule has 0 unspecified atom stereocenters. The summed E-state index contributed by atoms with van der Waals surface area (Å²) in [5.74, 6) is -1.64. The maximum atomic E-state index is 13.1. The number of benzene rings is 1. The summed E-state index contributed by atoms with van der Waals surface area (Å²) in [6.07, 6.45) is 1.56. The average Bonchev–Trinajstić information content (AvgIpc) is 3.23. The topological polar surface area (TPSA) is 66.4 Å². The van der Waals surface area contributed by atoms with E-state index in [1.165, 1.54) is 12.1 Å². The summed E-state index contributed by atoms with van der Waals surface area (Å²) in [7, 11) is 0. The molecule has 19 heavy (non-hydrogen) atoms. The van der Waals surface area contributed by atoms with Crippen molar-refractivity contribution in [2.45, 2.75) is 31.2 Å². The van der Waals surface area contributed by atoms with Crippen LogP contribution in [0.2, 0.25) is 0 Å². The van der Waals surface area contributed by atoms with Gasteiger partial charge >= 0.3 is 5.97 Å². The summed E-state index contributed by atoms with van der Waals surface area (Å²) in [4.78, 5) is 22.9. The molecule has 2 aliphatic carbocycles. The van der Waals surface area contributed by atoms with E-state index in [2.05, 4.69) is 5.32 Å². The highest BCUT2D eigenvalue weighted by atomic mass is 19.1. The van der Waals surface area contributed by atoms with Crippen LogP contribution in [0.15, 0.2) is 24.3 Å². The number of hydrogen-bond donors (Lipinski definition) is 2. The molecule has 1 amide bonds. The van der Waals surface area contributed by atoms with Gasteiger partial charge in [-0.1, -0.05) is 12.1 Å². The highest BCUT2D eigenvalue weighted by molar-refractivity contribution is 6.05. The average molecular weight is 263 g/mol. The lowest BCUT2D eigenvalue weighted by Crippen LogP contribution is -2.38. The predicted octanol–water partition coefficient (Wildman–Crippen LogP) is 1.66. The lowest BCUT2D eigenvalue weighted by atomic mass is 10.1. The van der Waals surface area contributed by atoms with E-state index in [1.807, 2.05) is 6.07 Å². The number of hydrogen-bond acceptors (Lipinski definition) is 2. The molecule has 1 aromatic rings. The molecule has 0 aliphatic heterocycles. The van der Waals surface area contributed by atoms with E-state index in [0.717, 1.165) is 12.0 Å². The van der Waals surface area contributed by atoms with Crippen LogP contribution in [0.25, 0.3) is 0 Å². The highest BCUT2D eigenvalue weighted by Crippen LogP contribution is 2.48. The number of nitrogens with one attached hydrogen (secondary N) is 1. The summed E-state index contributed by atoms with van der Waals surface area (Å²) >= 11 is 0. The van der Waals surface area contributed by atoms with Crippen molar-refractivity contribution in [3.8, 4) is 0 Å². The van der Waals surface area contributed by atoms with Gasteiger partial charge < -0.3 is 10.4 Å². The van der Waals surface area contributed by atoms with E-state index >= 15 is 0 Å². The molecule has 3 rings (SSSR count). The molecule has 0 saturated heterocycles. The highest BCUT2D eigenvalue weighted by Gasteiger charge is 2.58. The normalized spacial score (nSPS) is 26.6. The molecule has 2 saturated carbocycles. The molecule has 2 aliphatic rings. The van der Waals surface area contributed by atoms with Gasteiger partial charge in [0.05, 0.1) is 0 Å². The fraction of sp³-hybridized carbons (Fsp3) is 0.429. The number of carboxylic acid groups (broad SMARTS) is 1. The zero-order valence-electron chi connectivity index (χ0n) is 10.2. The van der Waals surface area contributed by atoms with Crippen molar-refractivity contribution in [3.05, 3.63) is 35.6 Å². The Morgan fingerprint density at radius 1 is 1.37 bits per heavy atom. The third-order valence-electron chi connectivity index (χ3n) is 3.98. The smallest absolute Gasteiger partial charge is 0.319 e. The van der Waals surface area contributed by atoms with Crippen molar-refractivity contribution in [2.24, 2.45) is 5.41 Å². The molecule has 1 aromatic carbocycles. The van der Waals surface area contributed by atoms with Gasteiger partial charge in [0.1, 0.15) is 11.2 Å². The number of carbonyl (C=O) groups excluding carboxylic acids is 1. The first-order chi connectivity index (χ1) is 9.03. The number of halogens is 1. The van der Waals surface area contributed by atoms with Crippen molar-refractivity contribution in [3.63, 3.8) is 0 Å². The Hall–Kier alpha value is -1.91. The second-order valence-electron chi connectivity index (χ2n) is 5.36. The number of aliphatic carboxylic acids is 1. The summed E-state index contributed by atoms with van der Waals surface area (Å²) in [5, 5.41) is 11.8. The molecule has 2 atom stereocenters. The molecule has 0 aromatic heterocycles. The van der Waals surface area contributed by atoms with E-state index in [9.17, 15) is 14.0 Å². The van der Waals surface area contributed by atoms with Gasteiger partial charge in [0, 0.05) is 12.0 Å². The molecule has 5 heteroatoms. The van der Waals surface area contributed by atoms with Crippen molar-refractivity contribution in [1.29, 1.82) is 0 Å². The largest absolute Gasteiger partial charge is 0.480 e. The first-order valence-electron chi connectivity index (χ1n) is 6.33. The van der Waals surface area contributed by atoms with Crippen LogP contribution in [0.1, 0.15) is 30.7 Å². The second-order valence-corrected chi connectivity index (χ2v) is 5.36. The number of amides is 1. The van der Waals surface area contributed by atoms with Gasteiger partial charge in [-0.3, -0.25) is 9.59 Å². The Labute approximate surface area is 109 Å². The Morgan fingerprint density at radius 3 is 2.68 bits per heavy atom. The maximum Gasteiger partial charge on any atom is 0.319 e. The summed E-state index contributed by atoms with van der Waals surface area (Å²) in [5.41, 5.74) is -0.347. The second kappa shape index (κ2) is 4.05. The zero-order valence-corrected chi connectivity index (χ0v) is 10.2. The molecular formula is C14H14FNO3. The van der Waals surface area contributed by atoms with Gasteiger partial charge in [-0.2, -0.15) is 0 Å². The first kappa shape index (κ1) is 12.1. The summed E-state index contributed by atoms with van der Waals surface area (Å²) in [6.45, 7) is 0. The van der Waals surface area contributed by atoms with Crippen LogP contribution >= 0.6 is 0 Å². The van der Waals surface area contributed by atoms with E-state index < -0.39 is 17.3 Å². The minimum Gasteiger partial charge on any atom is -0.480 e. The number of carbonyl (C=O) groups is 2. The fourth-order valence-corrected chi connectivity index (χ4v) is 2.43. The van der Waals surface area contributed by atoms with Crippen LogP contribution < -0.4 is 5.32 Å². The zero-order chi connectivity index (χ0) is 13.6. The molecule has 4 nitrogen and oxygen atoms in total. The summed E-state index contributed by atoms with van der Waals surface area (Å²) in [6, 6.07) is 6.24. The van der Waals surface area contributed by atoms with Crippen molar-refractivity contribution in [2.75, 3.05) is 0 Å². The standard InChI is InChI=1S/C14H14FNO3/c15-9-3-1-2-8(6-9)10-7-11(10)16-12(17)14(4-5-14)13(18)19/h1-3,6,10-11H,4-5,7H2,(H,16,17)(H,18,19)/t10-,11-/m1/s1. The molecule has 0 heterocycles. The molecule has 0 bridgehead atoms. The van der Waals surface area contributed by atoms with Crippen molar-refractivity contribution < 1.29 is 19.1 Å². The molecule has 2 fully saturated rings. The van der Waals surface area contributed by atoms with E-state index in [-0.39, 0.29) is 17.8 Å². The third-order valence-corrected chi connectivity index (χ3v) is 3.98. The Morgan fingerprint density at radius 2 is 2.11 bits per heavy atom. The third kappa shape index (κ3) is 2.09. The molecule has 0 radical (unpaired) electrons. The summed E-state index contributed by atoms with van der Waals surface area (Å²) < 4.78 is 13.1. The molecular weight excluding hydrogens is 249 g/mol. The quantitative estimate of drug-likeness (QED) is 0.812. The lowest BCUT2D eigenvalue weighted by molar-refractivity contribution is -0.149. The monoisotopic (exact) mass is 263 g/mol. The van der Waals surface area contributed by atoms with Crippen molar-refractivity contribution >= 4 is 11.9 Å². The van der Waals surface area contributed by atoms with E-state index in [1.54, 1.807) is 6.07 Å². The maximum absolute atomic E-state index is 13.1. The number of rotatable bonds is 4. The van der Waals surface area contributed by atoms with Gasteiger partial charge in [0.25, 0.3) is 0 Å². The van der Waals surface area contributed by atoms with Crippen LogP contribution in [0.5, 0.6) is 0 Å². The number of carboxylic acids is 1. The van der Waals surface area contributed by atoms with Gasteiger partial charge in [0.15, 0.2) is 0 Å². The van der Waals surface area contributed by atoms with Gasteiger partial charge in [-0.15, -0.1) is 0 Å². The van der Waals surface area contributed by atoms with Crippen LogP contribution in [-0.2, 0) is 9.59 Å². The van der Waals surface area contributed by atoms with Crippen LogP contribution in [0.3, 0.4) is 0 Å². The molecule has 100 valence electrons. The van der Waals surface area contributed by atoms with E-state index in [4.69, 9.17) is 5.11 Å². The predicted molar refractivity (Wildman–Crippen MR) is 65.0 cm³/mol. The van der Waals surface area contributed by atoms with Crippen LogP contribution in [0, 0.1) is 11.2 Å². The lowest BCUT2D eigenvalue weighted by Gasteiger charge is -2.10. The minimum atomic E-state index is -1.20. The Balaban J connectivity index is 1.62. The molecule has 2 N–H and O–H groups in total. The van der Waals surface area contributed by atoms with Gasteiger partial charge in [-0.25, -0.2) is 4.39 Å². The first-order valence-corrected chi connectivity index (χ1v) is 6.33. The van der Waals surface area contributed by atoms with E-state index in [0.29, 0.717) is 12.8 Å². The van der Waals surface area contributed by atoms with Gasteiger partial charge in [-0.05, 0) is 37.0 Å². The molecule has 0 spiro atoms. The fourth-order valence-electron chi connectivity index (χ4n) is 2.43. The van der Waals surface area contributed by atoms with Crippen molar-refractivity contribution in [1.82, 2.24) is 5.32 Å². The Kier molecular flexibility index (Phi) is 2.59. The SMILES string of the molecule is O=C(O)C1(C(=O)N[C@@H]2C[C@@H]2c2cccc(F)c2)CC1. The van der Waals surface area contributed by atoms with Crippen LogP contribution in [0.4, 0.5) is 4.39 Å². The van der Waals surface area contributed by atoms with Crippen LogP contribution in [-0.4, -0.2) is 23.0 Å².